The van der Waals surface area contributed by atoms with Gasteiger partial charge in [0.15, 0.2) is 0 Å². The molecule has 7 aromatic carbocycles. The van der Waals surface area contributed by atoms with Gasteiger partial charge in [0.05, 0.1) is 0 Å². The molecular weight excluding hydrogens is 945 g/mol. The van der Waals surface area contributed by atoms with Crippen molar-refractivity contribution in [1.29, 1.82) is 0 Å². The van der Waals surface area contributed by atoms with Gasteiger partial charge in [-0.15, -0.1) is 0 Å². The van der Waals surface area contributed by atoms with Gasteiger partial charge in [0.2, 0.25) is 0 Å². The first-order valence-corrected chi connectivity index (χ1v) is 27.4. The van der Waals surface area contributed by atoms with E-state index in [4.69, 9.17) is 32.7 Å². The second-order valence-corrected chi connectivity index (χ2v) is 28.8. The molecule has 4 aliphatic rings. The maximum Gasteiger partial charge on any atom is 0.260 e. The first kappa shape index (κ1) is 50.6. The summed E-state index contributed by atoms with van der Waals surface area (Å²) in [4.78, 5) is 5.06. The molecule has 8 heteroatoms. The van der Waals surface area contributed by atoms with Gasteiger partial charge in [-0.05, 0) is 166 Å². The molecule has 0 fully saturated rings. The predicted molar refractivity (Wildman–Crippen MR) is 320 cm³/mol. The fourth-order valence-electron chi connectivity index (χ4n) is 11.6. The highest BCUT2D eigenvalue weighted by molar-refractivity contribution is 7.01. The van der Waals surface area contributed by atoms with E-state index < -0.39 is 0 Å². The van der Waals surface area contributed by atoms with Crippen LogP contribution in [0, 0.1) is 0 Å². The third-order valence-electron chi connectivity index (χ3n) is 16.1. The van der Waals surface area contributed by atoms with Crippen molar-refractivity contribution in [3.8, 4) is 23.0 Å². The Bertz CT molecular complexity index is 3450. The van der Waals surface area contributed by atoms with E-state index in [0.29, 0.717) is 10.0 Å². The molecule has 378 valence electrons. The normalized spacial score (nSPS) is 14.9. The zero-order valence-corrected chi connectivity index (χ0v) is 48.5. The Labute approximate surface area is 453 Å². The highest BCUT2D eigenvalue weighted by Crippen LogP contribution is 2.50. The number of halogens is 2. The summed E-state index contributed by atoms with van der Waals surface area (Å²) >= 11 is 14.6. The summed E-state index contributed by atoms with van der Waals surface area (Å²) in [5, 5.41) is 1.26. The van der Waals surface area contributed by atoms with E-state index in [1.807, 2.05) is 12.1 Å². The van der Waals surface area contributed by atoms with Crippen molar-refractivity contribution in [3.05, 3.63) is 153 Å². The topological polar surface area (TPSA) is 24.9 Å². The third-order valence-corrected chi connectivity index (χ3v) is 16.6. The second kappa shape index (κ2) is 16.5. The van der Waals surface area contributed by atoms with Gasteiger partial charge >= 0.3 is 0 Å². The molecule has 0 atom stereocenters. The molecule has 11 rings (SSSR count). The van der Waals surface area contributed by atoms with Crippen LogP contribution in [0.3, 0.4) is 0 Å². The molecule has 0 amide bonds. The number of fused-ring (bicyclic) bond motifs is 8. The zero-order valence-electron chi connectivity index (χ0n) is 47.0. The van der Waals surface area contributed by atoms with Gasteiger partial charge in [-0.3, -0.25) is 0 Å². The lowest BCUT2D eigenvalue weighted by Gasteiger charge is -2.46. The van der Waals surface area contributed by atoms with E-state index in [-0.39, 0.29) is 45.9 Å². The third kappa shape index (κ3) is 8.37. The Morgan fingerprint density at radius 3 is 1.14 bits per heavy atom. The summed E-state index contributed by atoms with van der Waals surface area (Å²) in [5.41, 5.74) is 20.4. The molecule has 0 N–H and O–H groups in total. The highest BCUT2D eigenvalue weighted by atomic mass is 35.5. The van der Waals surface area contributed by atoms with E-state index in [2.05, 4.69) is 231 Å². The number of hydrogen-bond acceptors (Lipinski definition) is 4. The molecule has 0 aromatic heterocycles. The van der Waals surface area contributed by atoms with Crippen molar-refractivity contribution in [2.75, 3.05) is 9.80 Å². The monoisotopic (exact) mass is 1020 g/mol. The molecule has 0 radical (unpaired) electrons. The highest BCUT2D eigenvalue weighted by Gasteiger charge is 2.48. The molecule has 0 bridgehead atoms. The van der Waals surface area contributed by atoms with Crippen LogP contribution in [0.2, 0.25) is 10.0 Å². The molecule has 0 aliphatic carbocycles. The van der Waals surface area contributed by atoms with Crippen molar-refractivity contribution in [1.82, 2.24) is 0 Å². The van der Waals surface area contributed by atoms with E-state index in [9.17, 15) is 0 Å². The van der Waals surface area contributed by atoms with Gasteiger partial charge in [-0.1, -0.05) is 184 Å². The van der Waals surface area contributed by atoms with Crippen LogP contribution in [-0.2, 0) is 32.5 Å². The first-order chi connectivity index (χ1) is 34.3. The number of nitrogens with zero attached hydrogens (tertiary/aromatic N) is 2. The van der Waals surface area contributed by atoms with Gasteiger partial charge in [0.1, 0.15) is 23.0 Å². The summed E-state index contributed by atoms with van der Waals surface area (Å²) in [7, 11) is 0. The predicted octanol–water partition coefficient (Wildman–Crippen LogP) is 15.6. The first-order valence-electron chi connectivity index (χ1n) is 26.7. The van der Waals surface area contributed by atoms with Crippen molar-refractivity contribution in [3.63, 3.8) is 0 Å². The maximum absolute atomic E-state index is 7.67. The summed E-state index contributed by atoms with van der Waals surface area (Å²) in [6.45, 7) is 41.2. The van der Waals surface area contributed by atoms with Gasteiger partial charge in [0.25, 0.3) is 13.4 Å². The smallest absolute Gasteiger partial charge is 0.260 e. The van der Waals surface area contributed by atoms with Crippen LogP contribution >= 0.6 is 23.2 Å². The minimum Gasteiger partial charge on any atom is -0.458 e. The van der Waals surface area contributed by atoms with Crippen molar-refractivity contribution in [2.45, 2.75) is 157 Å². The van der Waals surface area contributed by atoms with Crippen LogP contribution in [0.15, 0.2) is 109 Å². The summed E-state index contributed by atoms with van der Waals surface area (Å²) < 4.78 is 14.0. The Morgan fingerprint density at radius 1 is 0.311 bits per heavy atom. The lowest BCUT2D eigenvalue weighted by Crippen LogP contribution is -2.63. The van der Waals surface area contributed by atoms with E-state index in [0.717, 1.165) is 73.5 Å². The maximum atomic E-state index is 7.67. The van der Waals surface area contributed by atoms with Crippen molar-refractivity contribution in [2.24, 2.45) is 0 Å². The number of ether oxygens (including phenoxy) is 2. The van der Waals surface area contributed by atoms with Gasteiger partial charge < -0.3 is 19.3 Å². The van der Waals surface area contributed by atoms with Crippen molar-refractivity contribution >= 4 is 104 Å². The van der Waals surface area contributed by atoms with Crippen molar-refractivity contribution < 1.29 is 9.47 Å². The molecule has 4 nitrogen and oxygen atoms in total. The fraction of sp³-hybridized carbons (Fsp3) is 0.364. The Balaban J connectivity index is 1.27. The average molecular weight is 1020 g/mol. The van der Waals surface area contributed by atoms with Crippen LogP contribution < -0.4 is 52.1 Å². The average Bonchev–Trinajstić information content (AvgIpc) is 3.28. The van der Waals surface area contributed by atoms with E-state index in [1.165, 1.54) is 49.8 Å². The molecule has 74 heavy (non-hydrogen) atoms. The lowest BCUT2D eigenvalue weighted by molar-refractivity contribution is 0.463. The van der Waals surface area contributed by atoms with Crippen LogP contribution in [0.5, 0.6) is 23.0 Å². The Hall–Kier alpha value is -5.55. The van der Waals surface area contributed by atoms with Crippen LogP contribution in [0.25, 0.3) is 0 Å². The lowest BCUT2D eigenvalue weighted by atomic mass is 9.31. The number of anilines is 6. The summed E-state index contributed by atoms with van der Waals surface area (Å²) in [5.74, 6) is 3.12. The van der Waals surface area contributed by atoms with E-state index >= 15 is 0 Å². The molecule has 7 aromatic rings. The second-order valence-electron chi connectivity index (χ2n) is 27.9. The van der Waals surface area contributed by atoms with Gasteiger partial charge in [-0.2, -0.15) is 0 Å². The van der Waals surface area contributed by atoms with Gasteiger partial charge in [-0.25, -0.2) is 0 Å². The molecule has 0 saturated heterocycles. The number of rotatable bonds is 2. The summed E-state index contributed by atoms with van der Waals surface area (Å²) in [6, 6.07) is 41.6. The van der Waals surface area contributed by atoms with Crippen LogP contribution in [-0.4, -0.2) is 13.4 Å². The van der Waals surface area contributed by atoms with Crippen LogP contribution in [0.1, 0.15) is 158 Å². The molecule has 4 aliphatic heterocycles. The molecular formula is C66H72B2Cl2N2O2. The quantitative estimate of drug-likeness (QED) is 0.161. The standard InChI is InChI=1S/C66H72B2Cl2N2O2/c1-61(2,3)37-19-21-47-51(29-37)71(45-25-39(63(7,8)9)23-40(26-45)64(10,11)12)53-31-43(69)32-54-59(53)67(47)49-36-56-50(35-52(49)72(54)46-27-41(65(13,14)15)24-42(28-46)66(16,17)18)68-48-22-20-38(62(4,5)6)30-55(48)73-57-33-44(70)34-58(74-56)60(57)68/h19-36H,1-18H3. The summed E-state index contributed by atoms with van der Waals surface area (Å²) in [6.07, 6.45) is 0. The largest absolute Gasteiger partial charge is 0.458 e. The zero-order chi connectivity index (χ0) is 53.3. The minimum atomic E-state index is -0.177. The number of hydrogen-bond donors (Lipinski definition) is 0. The Morgan fingerprint density at radius 2 is 0.689 bits per heavy atom. The molecule has 0 spiro atoms. The Kier molecular flexibility index (Phi) is 11.3. The number of benzene rings is 7. The molecule has 0 saturated carbocycles. The molecule has 0 unspecified atom stereocenters. The fourth-order valence-corrected chi connectivity index (χ4v) is 12.0. The van der Waals surface area contributed by atoms with Gasteiger partial charge in [0, 0.05) is 49.6 Å². The van der Waals surface area contributed by atoms with E-state index in [1.54, 1.807) is 0 Å². The minimum absolute atomic E-state index is 0.0733. The van der Waals surface area contributed by atoms with Crippen LogP contribution in [0.4, 0.5) is 34.1 Å². The SMILES string of the molecule is CC(C)(C)c1cc(N2c3cc(C(C)(C)C)ccc3B3c4cc5c(cc4N(c4cc(C(C)(C)C)cc(C(C)(C)C)c4)c4cc(Cl)cc2c43)B2c3ccc(C(C)(C)C)cc3Oc3cc(Cl)cc(c32)O5)cc(C(C)(C)C)c1. The molecule has 4 heterocycles.